The Kier molecular flexibility index (Phi) is 5.58. The van der Waals surface area contributed by atoms with E-state index in [4.69, 9.17) is 5.10 Å². The lowest BCUT2D eigenvalue weighted by molar-refractivity contribution is 0.0783. The summed E-state index contributed by atoms with van der Waals surface area (Å²) in [6.45, 7) is 7.71. The smallest absolute Gasteiger partial charge is 0.274 e. The van der Waals surface area contributed by atoms with Crippen molar-refractivity contribution in [2.75, 3.05) is 26.2 Å². The van der Waals surface area contributed by atoms with Gasteiger partial charge in [0.05, 0.1) is 0 Å². The van der Waals surface area contributed by atoms with Crippen LogP contribution in [0.1, 0.15) is 53.5 Å². The Morgan fingerprint density at radius 2 is 1.89 bits per heavy atom. The first-order chi connectivity index (χ1) is 13.3. The fraction of sp³-hybridized carbons (Fsp3) is 0.545. The van der Waals surface area contributed by atoms with E-state index in [1.807, 2.05) is 4.90 Å². The van der Waals surface area contributed by atoms with E-state index in [2.05, 4.69) is 46.8 Å². The minimum absolute atomic E-state index is 0.141. The van der Waals surface area contributed by atoms with Gasteiger partial charge in [0.15, 0.2) is 5.69 Å². The molecular formula is C22H30N4O. The molecule has 0 aliphatic carbocycles. The predicted octanol–water partition coefficient (Wildman–Crippen LogP) is 3.13. The first-order valence-corrected chi connectivity index (χ1v) is 10.4. The van der Waals surface area contributed by atoms with Gasteiger partial charge in [-0.05, 0) is 44.7 Å². The number of aromatic nitrogens is 2. The number of benzene rings is 1. The zero-order valence-electron chi connectivity index (χ0n) is 16.4. The number of carbonyl (C=O) groups excluding carboxylic acids is 1. The molecule has 0 radical (unpaired) electrons. The molecule has 1 saturated heterocycles. The molecule has 2 aliphatic heterocycles. The van der Waals surface area contributed by atoms with Crippen LogP contribution < -0.4 is 0 Å². The van der Waals surface area contributed by atoms with E-state index in [9.17, 15) is 4.79 Å². The van der Waals surface area contributed by atoms with Crippen molar-refractivity contribution in [3.8, 4) is 0 Å². The highest BCUT2D eigenvalue weighted by Crippen LogP contribution is 2.25. The fourth-order valence-electron chi connectivity index (χ4n) is 4.39. The lowest BCUT2D eigenvalue weighted by atomic mass is 10.0. The van der Waals surface area contributed by atoms with E-state index in [0.29, 0.717) is 5.69 Å². The van der Waals surface area contributed by atoms with Crippen LogP contribution in [0.15, 0.2) is 30.3 Å². The monoisotopic (exact) mass is 366 g/mol. The van der Waals surface area contributed by atoms with Gasteiger partial charge in [-0.25, -0.2) is 0 Å². The number of hydrogen-bond acceptors (Lipinski definition) is 3. The minimum atomic E-state index is 0.141. The number of fused-ring (bicyclic) bond motifs is 1. The van der Waals surface area contributed by atoms with Crippen molar-refractivity contribution < 1.29 is 4.79 Å². The summed E-state index contributed by atoms with van der Waals surface area (Å²) in [7, 11) is 0. The van der Waals surface area contributed by atoms with E-state index < -0.39 is 0 Å². The first-order valence-electron chi connectivity index (χ1n) is 10.4. The second kappa shape index (κ2) is 8.26. The third-order valence-electron chi connectivity index (χ3n) is 5.89. The van der Waals surface area contributed by atoms with Crippen LogP contribution in [-0.4, -0.2) is 51.7 Å². The SMILES string of the molecule is CCn1nc(C(=O)N2CCCC2)c2c1CCN(CCCc1ccccc1)C2. The Balaban J connectivity index is 1.44. The van der Waals surface area contributed by atoms with E-state index in [0.717, 1.165) is 71.4 Å². The van der Waals surface area contributed by atoms with Gasteiger partial charge in [0, 0.05) is 50.4 Å². The van der Waals surface area contributed by atoms with Crippen molar-refractivity contribution in [2.24, 2.45) is 0 Å². The van der Waals surface area contributed by atoms with Crippen LogP contribution in [0.2, 0.25) is 0 Å². The van der Waals surface area contributed by atoms with Gasteiger partial charge < -0.3 is 4.90 Å². The summed E-state index contributed by atoms with van der Waals surface area (Å²) < 4.78 is 2.06. The number of aryl methyl sites for hydroxylation is 2. The quantitative estimate of drug-likeness (QED) is 0.789. The molecule has 0 unspecified atom stereocenters. The average Bonchev–Trinajstić information content (AvgIpc) is 3.36. The standard InChI is InChI=1S/C22H30N4O/c1-2-26-20-12-16-24(13-8-11-18-9-4-3-5-10-18)17-19(20)21(23-26)22(27)25-14-6-7-15-25/h3-5,9-10H,2,6-8,11-17H2,1H3. The van der Waals surface area contributed by atoms with Crippen LogP contribution in [0.4, 0.5) is 0 Å². The fourth-order valence-corrected chi connectivity index (χ4v) is 4.39. The van der Waals surface area contributed by atoms with E-state index in [1.165, 1.54) is 16.8 Å². The molecule has 1 amide bonds. The maximum absolute atomic E-state index is 13.0. The molecule has 1 aromatic carbocycles. The van der Waals surface area contributed by atoms with Gasteiger partial charge in [0.1, 0.15) is 0 Å². The number of likely N-dealkylation sites (tertiary alicyclic amines) is 1. The van der Waals surface area contributed by atoms with Crippen LogP contribution >= 0.6 is 0 Å². The van der Waals surface area contributed by atoms with Crippen LogP contribution in [0.25, 0.3) is 0 Å². The normalized spacial score (nSPS) is 17.3. The maximum Gasteiger partial charge on any atom is 0.274 e. The number of nitrogens with zero attached hydrogens (tertiary/aromatic N) is 4. The maximum atomic E-state index is 13.0. The molecule has 2 aromatic rings. The Labute approximate surface area is 162 Å². The molecule has 4 rings (SSSR count). The summed E-state index contributed by atoms with van der Waals surface area (Å²) in [5.41, 5.74) is 4.57. The summed E-state index contributed by atoms with van der Waals surface area (Å²) in [6, 6.07) is 10.7. The van der Waals surface area contributed by atoms with Crippen molar-refractivity contribution in [3.63, 3.8) is 0 Å². The Bertz CT molecular complexity index is 777. The van der Waals surface area contributed by atoms with Crippen LogP contribution in [0, 0.1) is 0 Å². The van der Waals surface area contributed by atoms with Crippen molar-refractivity contribution in [3.05, 3.63) is 52.8 Å². The third-order valence-corrected chi connectivity index (χ3v) is 5.89. The number of rotatable bonds is 6. The molecule has 144 valence electrons. The molecule has 0 spiro atoms. The average molecular weight is 367 g/mol. The third kappa shape index (κ3) is 3.93. The zero-order valence-corrected chi connectivity index (χ0v) is 16.4. The molecular weight excluding hydrogens is 336 g/mol. The second-order valence-corrected chi connectivity index (χ2v) is 7.70. The topological polar surface area (TPSA) is 41.4 Å². The number of carbonyl (C=O) groups is 1. The van der Waals surface area contributed by atoms with Gasteiger partial charge >= 0.3 is 0 Å². The molecule has 2 aliphatic rings. The van der Waals surface area contributed by atoms with Crippen molar-refractivity contribution in [2.45, 2.75) is 52.1 Å². The molecule has 27 heavy (non-hydrogen) atoms. The van der Waals surface area contributed by atoms with E-state index >= 15 is 0 Å². The summed E-state index contributed by atoms with van der Waals surface area (Å²) in [6.07, 6.45) is 5.49. The lowest BCUT2D eigenvalue weighted by Gasteiger charge is -2.28. The summed E-state index contributed by atoms with van der Waals surface area (Å²) in [5.74, 6) is 0.141. The lowest BCUT2D eigenvalue weighted by Crippen LogP contribution is -2.34. The minimum Gasteiger partial charge on any atom is -0.337 e. The zero-order chi connectivity index (χ0) is 18.6. The molecule has 1 fully saturated rings. The van der Waals surface area contributed by atoms with Gasteiger partial charge in [0.2, 0.25) is 0 Å². The molecule has 0 bridgehead atoms. The van der Waals surface area contributed by atoms with Crippen molar-refractivity contribution in [1.29, 1.82) is 0 Å². The van der Waals surface area contributed by atoms with Crippen molar-refractivity contribution >= 4 is 5.91 Å². The summed E-state index contributed by atoms with van der Waals surface area (Å²) in [5, 5.41) is 4.72. The summed E-state index contributed by atoms with van der Waals surface area (Å²) in [4.78, 5) is 17.5. The van der Waals surface area contributed by atoms with Gasteiger partial charge in [-0.3, -0.25) is 14.4 Å². The van der Waals surface area contributed by atoms with Crippen LogP contribution in [0.5, 0.6) is 0 Å². The second-order valence-electron chi connectivity index (χ2n) is 7.70. The molecule has 5 heteroatoms. The van der Waals surface area contributed by atoms with Gasteiger partial charge in [-0.1, -0.05) is 30.3 Å². The Hall–Kier alpha value is -2.14. The Morgan fingerprint density at radius 1 is 1.11 bits per heavy atom. The highest BCUT2D eigenvalue weighted by molar-refractivity contribution is 5.94. The predicted molar refractivity (Wildman–Crippen MR) is 107 cm³/mol. The molecule has 0 atom stereocenters. The highest BCUT2D eigenvalue weighted by Gasteiger charge is 2.30. The molecule has 3 heterocycles. The van der Waals surface area contributed by atoms with Gasteiger partial charge in [0.25, 0.3) is 5.91 Å². The summed E-state index contributed by atoms with van der Waals surface area (Å²) >= 11 is 0. The van der Waals surface area contributed by atoms with Crippen LogP contribution in [-0.2, 0) is 25.9 Å². The molecule has 0 N–H and O–H groups in total. The molecule has 1 aromatic heterocycles. The van der Waals surface area contributed by atoms with Gasteiger partial charge in [-0.2, -0.15) is 5.10 Å². The number of amides is 1. The Morgan fingerprint density at radius 3 is 2.63 bits per heavy atom. The van der Waals surface area contributed by atoms with Crippen LogP contribution in [0.3, 0.4) is 0 Å². The molecule has 0 saturated carbocycles. The van der Waals surface area contributed by atoms with Crippen molar-refractivity contribution in [1.82, 2.24) is 19.6 Å². The first kappa shape index (κ1) is 18.2. The number of hydrogen-bond donors (Lipinski definition) is 0. The van der Waals surface area contributed by atoms with E-state index in [-0.39, 0.29) is 5.91 Å². The highest BCUT2D eigenvalue weighted by atomic mass is 16.2. The van der Waals surface area contributed by atoms with Gasteiger partial charge in [-0.15, -0.1) is 0 Å². The largest absolute Gasteiger partial charge is 0.337 e. The molecule has 5 nitrogen and oxygen atoms in total. The van der Waals surface area contributed by atoms with E-state index in [1.54, 1.807) is 0 Å².